The molecule has 0 atom stereocenters. The highest BCUT2D eigenvalue weighted by Crippen LogP contribution is 2.23. The molecule has 1 saturated heterocycles. The number of hydrogen-bond donors (Lipinski definition) is 3. The lowest BCUT2D eigenvalue weighted by atomic mass is 9.94. The summed E-state index contributed by atoms with van der Waals surface area (Å²) in [5.74, 6) is 1.10. The molecule has 0 aliphatic carbocycles. The summed E-state index contributed by atoms with van der Waals surface area (Å²) < 4.78 is 18.6. The van der Waals surface area contributed by atoms with Crippen molar-refractivity contribution in [2.45, 2.75) is 19.3 Å². The first-order chi connectivity index (χ1) is 15.1. The van der Waals surface area contributed by atoms with Gasteiger partial charge in [-0.15, -0.1) is 0 Å². The van der Waals surface area contributed by atoms with Crippen molar-refractivity contribution in [3.63, 3.8) is 0 Å². The van der Waals surface area contributed by atoms with Gasteiger partial charge >= 0.3 is 0 Å². The molecule has 164 valence electrons. The van der Waals surface area contributed by atoms with Crippen LogP contribution >= 0.6 is 0 Å². The number of rotatable bonds is 8. The zero-order valence-corrected chi connectivity index (χ0v) is 17.4. The lowest BCUT2D eigenvalue weighted by Gasteiger charge is -2.31. The van der Waals surface area contributed by atoms with Crippen LogP contribution in [0.4, 0.5) is 4.39 Å². The minimum atomic E-state index is -0.253. The SMILES string of the molecule is O=C(NCCN1CCC(CCOc2ccc(F)cc2)CC1)c1c[nH]c2ccc(O)cc12. The van der Waals surface area contributed by atoms with Crippen LogP contribution < -0.4 is 10.1 Å². The number of piperidine rings is 1. The van der Waals surface area contributed by atoms with E-state index in [1.54, 1.807) is 36.5 Å². The molecular weight excluding hydrogens is 397 g/mol. The maximum absolute atomic E-state index is 12.9. The number of halogens is 1. The highest BCUT2D eigenvalue weighted by molar-refractivity contribution is 6.07. The third-order valence-corrected chi connectivity index (χ3v) is 5.94. The molecule has 1 aliphatic rings. The Labute approximate surface area is 181 Å². The third-order valence-electron chi connectivity index (χ3n) is 5.94. The second kappa shape index (κ2) is 9.83. The summed E-state index contributed by atoms with van der Waals surface area (Å²) >= 11 is 0. The summed E-state index contributed by atoms with van der Waals surface area (Å²) in [7, 11) is 0. The third kappa shape index (κ3) is 5.55. The molecule has 1 aromatic heterocycles. The van der Waals surface area contributed by atoms with Crippen LogP contribution in [0.3, 0.4) is 0 Å². The normalized spacial score (nSPS) is 15.3. The number of nitrogens with one attached hydrogen (secondary N) is 2. The number of phenolic OH excluding ortho intramolecular Hbond substituents is 1. The van der Waals surface area contributed by atoms with Gasteiger partial charge in [0.05, 0.1) is 12.2 Å². The van der Waals surface area contributed by atoms with E-state index in [0.29, 0.717) is 30.4 Å². The number of aromatic nitrogens is 1. The van der Waals surface area contributed by atoms with Crippen LogP contribution in [0.5, 0.6) is 11.5 Å². The first kappa shape index (κ1) is 21.2. The van der Waals surface area contributed by atoms with E-state index in [1.807, 2.05) is 0 Å². The zero-order valence-electron chi connectivity index (χ0n) is 17.4. The van der Waals surface area contributed by atoms with Crippen LogP contribution in [-0.2, 0) is 0 Å². The summed E-state index contributed by atoms with van der Waals surface area (Å²) in [6, 6.07) is 11.1. The van der Waals surface area contributed by atoms with Crippen LogP contribution in [-0.4, -0.2) is 53.7 Å². The van der Waals surface area contributed by atoms with Crippen molar-refractivity contribution in [1.29, 1.82) is 0 Å². The lowest BCUT2D eigenvalue weighted by molar-refractivity contribution is 0.0944. The number of ether oxygens (including phenoxy) is 1. The maximum Gasteiger partial charge on any atom is 0.253 e. The van der Waals surface area contributed by atoms with Gasteiger partial charge in [0.25, 0.3) is 5.91 Å². The number of nitrogens with zero attached hydrogens (tertiary/aromatic N) is 1. The Kier molecular flexibility index (Phi) is 6.72. The van der Waals surface area contributed by atoms with E-state index < -0.39 is 0 Å². The number of aromatic hydroxyl groups is 1. The smallest absolute Gasteiger partial charge is 0.253 e. The van der Waals surface area contributed by atoms with Crippen LogP contribution in [0, 0.1) is 11.7 Å². The molecule has 0 spiro atoms. The molecule has 3 N–H and O–H groups in total. The summed E-state index contributed by atoms with van der Waals surface area (Å²) in [4.78, 5) is 17.9. The number of hydrogen-bond acceptors (Lipinski definition) is 4. The van der Waals surface area contributed by atoms with Crippen molar-refractivity contribution in [3.05, 3.63) is 60.0 Å². The summed E-state index contributed by atoms with van der Waals surface area (Å²) in [6.45, 7) is 4.07. The Morgan fingerprint density at radius 1 is 1.19 bits per heavy atom. The van der Waals surface area contributed by atoms with E-state index in [4.69, 9.17) is 4.74 Å². The quantitative estimate of drug-likeness (QED) is 0.511. The van der Waals surface area contributed by atoms with Crippen LogP contribution in [0.25, 0.3) is 10.9 Å². The van der Waals surface area contributed by atoms with E-state index in [-0.39, 0.29) is 17.5 Å². The Hall–Kier alpha value is -3.06. The molecule has 6 nitrogen and oxygen atoms in total. The number of amides is 1. The van der Waals surface area contributed by atoms with Gasteiger partial charge in [-0.2, -0.15) is 0 Å². The summed E-state index contributed by atoms with van der Waals surface area (Å²) in [5.41, 5.74) is 1.37. The van der Waals surface area contributed by atoms with Crippen molar-refractivity contribution < 1.29 is 19.0 Å². The molecule has 2 heterocycles. The lowest BCUT2D eigenvalue weighted by Crippen LogP contribution is -2.39. The van der Waals surface area contributed by atoms with Gasteiger partial charge in [-0.25, -0.2) is 4.39 Å². The zero-order chi connectivity index (χ0) is 21.6. The van der Waals surface area contributed by atoms with Crippen molar-refractivity contribution in [2.75, 3.05) is 32.8 Å². The molecule has 7 heteroatoms. The standard InChI is InChI=1S/C24H28FN3O3/c25-18-1-4-20(5-2-18)31-14-9-17-7-11-28(12-8-17)13-10-26-24(30)22-16-27-23-6-3-19(29)15-21(22)23/h1-6,15-17,27,29H,7-14H2,(H,26,30). The number of likely N-dealkylation sites (tertiary alicyclic amines) is 1. The minimum Gasteiger partial charge on any atom is -0.508 e. The van der Waals surface area contributed by atoms with Crippen LogP contribution in [0.15, 0.2) is 48.7 Å². The Balaban J connectivity index is 1.14. The van der Waals surface area contributed by atoms with E-state index >= 15 is 0 Å². The van der Waals surface area contributed by atoms with Crippen molar-refractivity contribution in [2.24, 2.45) is 5.92 Å². The van der Waals surface area contributed by atoms with Gasteiger partial charge in [-0.3, -0.25) is 4.79 Å². The van der Waals surface area contributed by atoms with Crippen LogP contribution in [0.1, 0.15) is 29.6 Å². The molecule has 3 aromatic rings. The minimum absolute atomic E-state index is 0.135. The Morgan fingerprint density at radius 3 is 2.74 bits per heavy atom. The second-order valence-electron chi connectivity index (χ2n) is 8.06. The van der Waals surface area contributed by atoms with Crippen molar-refractivity contribution in [3.8, 4) is 11.5 Å². The largest absolute Gasteiger partial charge is 0.508 e. The van der Waals surface area contributed by atoms with E-state index in [1.165, 1.54) is 12.1 Å². The summed E-state index contributed by atoms with van der Waals surface area (Å²) in [6.07, 6.45) is 4.90. The molecular formula is C24H28FN3O3. The predicted octanol–water partition coefficient (Wildman–Crippen LogP) is 3.92. The Morgan fingerprint density at radius 2 is 1.97 bits per heavy atom. The van der Waals surface area contributed by atoms with Gasteiger partial charge in [-0.05, 0) is 80.7 Å². The average molecular weight is 426 g/mol. The first-order valence-electron chi connectivity index (χ1n) is 10.8. The molecule has 1 fully saturated rings. The van der Waals surface area contributed by atoms with Crippen molar-refractivity contribution >= 4 is 16.8 Å². The number of aromatic amines is 1. The highest BCUT2D eigenvalue weighted by atomic mass is 19.1. The van der Waals surface area contributed by atoms with E-state index in [2.05, 4.69) is 15.2 Å². The van der Waals surface area contributed by atoms with Crippen molar-refractivity contribution in [1.82, 2.24) is 15.2 Å². The molecule has 2 aromatic carbocycles. The average Bonchev–Trinajstić information content (AvgIpc) is 3.19. The van der Waals surface area contributed by atoms with Gasteiger partial charge in [0.15, 0.2) is 0 Å². The number of carbonyl (C=O) groups is 1. The molecule has 1 aliphatic heterocycles. The number of fused-ring (bicyclic) bond motifs is 1. The molecule has 0 radical (unpaired) electrons. The van der Waals surface area contributed by atoms with Crippen LogP contribution in [0.2, 0.25) is 0 Å². The first-order valence-corrected chi connectivity index (χ1v) is 10.8. The number of carbonyl (C=O) groups excluding carboxylic acids is 1. The molecule has 4 rings (SSSR count). The fourth-order valence-electron chi connectivity index (χ4n) is 4.09. The van der Waals surface area contributed by atoms with Gasteiger partial charge < -0.3 is 25.0 Å². The second-order valence-corrected chi connectivity index (χ2v) is 8.06. The molecule has 31 heavy (non-hydrogen) atoms. The number of H-pyrrole nitrogens is 1. The molecule has 1 amide bonds. The maximum atomic E-state index is 12.9. The van der Waals surface area contributed by atoms with E-state index in [0.717, 1.165) is 49.8 Å². The van der Waals surface area contributed by atoms with E-state index in [9.17, 15) is 14.3 Å². The fourth-order valence-corrected chi connectivity index (χ4v) is 4.09. The number of phenols is 1. The monoisotopic (exact) mass is 425 g/mol. The van der Waals surface area contributed by atoms with Gasteiger partial charge in [0, 0.05) is 30.2 Å². The fraction of sp³-hybridized carbons (Fsp3) is 0.375. The number of benzene rings is 2. The topological polar surface area (TPSA) is 77.6 Å². The van der Waals surface area contributed by atoms with Gasteiger partial charge in [0.1, 0.15) is 17.3 Å². The summed E-state index contributed by atoms with van der Waals surface area (Å²) in [5, 5.41) is 13.4. The molecule has 0 bridgehead atoms. The molecule has 0 unspecified atom stereocenters. The van der Waals surface area contributed by atoms with Gasteiger partial charge in [0.2, 0.25) is 0 Å². The Bertz CT molecular complexity index is 1010. The predicted molar refractivity (Wildman–Crippen MR) is 118 cm³/mol. The molecule has 0 saturated carbocycles. The van der Waals surface area contributed by atoms with Gasteiger partial charge in [-0.1, -0.05) is 0 Å². The highest BCUT2D eigenvalue weighted by Gasteiger charge is 2.19.